The smallest absolute Gasteiger partial charge is 0.275 e. The number of hydrogen-bond donors (Lipinski definition) is 1. The number of carbonyl (C=O) groups excluding carboxylic acids is 1. The lowest BCUT2D eigenvalue weighted by molar-refractivity contribution is 0.102. The Hall–Kier alpha value is -3.62. The van der Waals surface area contributed by atoms with Crippen LogP contribution in [0.15, 0.2) is 78.4 Å². The van der Waals surface area contributed by atoms with Crippen molar-refractivity contribution in [3.8, 4) is 11.4 Å². The number of benzene rings is 2. The van der Waals surface area contributed by atoms with Crippen molar-refractivity contribution in [1.82, 2.24) is 14.5 Å². The summed E-state index contributed by atoms with van der Waals surface area (Å²) in [5.41, 5.74) is 3.45. The summed E-state index contributed by atoms with van der Waals surface area (Å²) in [7, 11) is 1.71. The number of amides is 1. The molecule has 1 fully saturated rings. The topological polar surface area (TPSA) is 62.6 Å². The summed E-state index contributed by atoms with van der Waals surface area (Å²) in [6, 6.07) is 19.9. The van der Waals surface area contributed by atoms with Gasteiger partial charge in [-0.05, 0) is 42.5 Å². The Labute approximate surface area is 203 Å². The van der Waals surface area contributed by atoms with Gasteiger partial charge in [0.15, 0.2) is 5.13 Å². The molecule has 0 unspecified atom stereocenters. The molecule has 174 valence electrons. The molecule has 0 atom stereocenters. The van der Waals surface area contributed by atoms with E-state index in [1.165, 1.54) is 16.9 Å². The van der Waals surface area contributed by atoms with Crippen molar-refractivity contribution in [2.24, 2.45) is 0 Å². The first kappa shape index (κ1) is 22.2. The molecule has 8 heteroatoms. The Morgan fingerprint density at radius 2 is 1.74 bits per heavy atom. The van der Waals surface area contributed by atoms with Gasteiger partial charge in [-0.2, -0.15) is 0 Å². The van der Waals surface area contributed by atoms with Crippen molar-refractivity contribution in [2.45, 2.75) is 6.54 Å². The second-order valence-electron chi connectivity index (χ2n) is 8.18. The van der Waals surface area contributed by atoms with Crippen LogP contribution in [-0.4, -0.2) is 53.6 Å². The average Bonchev–Trinajstić information content (AvgIpc) is 3.58. The van der Waals surface area contributed by atoms with Gasteiger partial charge in [-0.1, -0.05) is 18.2 Å². The van der Waals surface area contributed by atoms with E-state index in [0.29, 0.717) is 5.69 Å². The van der Waals surface area contributed by atoms with E-state index in [2.05, 4.69) is 26.2 Å². The van der Waals surface area contributed by atoms with E-state index in [9.17, 15) is 4.79 Å². The first-order valence-electron chi connectivity index (χ1n) is 11.3. The van der Waals surface area contributed by atoms with E-state index in [-0.39, 0.29) is 5.91 Å². The van der Waals surface area contributed by atoms with Crippen LogP contribution in [0.5, 0.6) is 5.75 Å². The number of piperazine rings is 1. The highest BCUT2D eigenvalue weighted by Gasteiger charge is 2.21. The number of anilines is 2. The minimum absolute atomic E-state index is 0.189. The number of nitrogens with zero attached hydrogens (tertiary/aromatic N) is 4. The van der Waals surface area contributed by atoms with E-state index in [0.717, 1.165) is 55.0 Å². The maximum absolute atomic E-state index is 12.7. The Morgan fingerprint density at radius 1 is 1.00 bits per heavy atom. The summed E-state index contributed by atoms with van der Waals surface area (Å²) in [4.78, 5) is 22.0. The van der Waals surface area contributed by atoms with Crippen LogP contribution < -0.4 is 15.0 Å². The van der Waals surface area contributed by atoms with Gasteiger partial charge in [-0.25, -0.2) is 4.98 Å². The van der Waals surface area contributed by atoms with Gasteiger partial charge < -0.3 is 19.5 Å². The molecule has 0 radical (unpaired) electrons. The van der Waals surface area contributed by atoms with Gasteiger partial charge >= 0.3 is 0 Å². The molecular formula is C26H27N5O2S. The molecule has 1 saturated heterocycles. The Morgan fingerprint density at radius 3 is 2.47 bits per heavy atom. The first-order chi connectivity index (χ1) is 16.7. The van der Waals surface area contributed by atoms with Crippen LogP contribution in [0.4, 0.5) is 10.8 Å². The van der Waals surface area contributed by atoms with Gasteiger partial charge in [0.25, 0.3) is 5.91 Å². The zero-order valence-electron chi connectivity index (χ0n) is 19.1. The zero-order valence-corrected chi connectivity index (χ0v) is 19.9. The molecule has 3 heterocycles. The van der Waals surface area contributed by atoms with Crippen molar-refractivity contribution in [2.75, 3.05) is 43.5 Å². The highest BCUT2D eigenvalue weighted by molar-refractivity contribution is 7.14. The van der Waals surface area contributed by atoms with Crippen LogP contribution in [0, 0.1) is 0 Å². The summed E-state index contributed by atoms with van der Waals surface area (Å²) < 4.78 is 7.51. The second kappa shape index (κ2) is 10.1. The third-order valence-electron chi connectivity index (χ3n) is 5.98. The summed E-state index contributed by atoms with van der Waals surface area (Å²) in [6.45, 7) is 4.50. The molecule has 0 saturated carbocycles. The molecule has 1 aliphatic heterocycles. The van der Waals surface area contributed by atoms with E-state index < -0.39 is 0 Å². The summed E-state index contributed by atoms with van der Waals surface area (Å²) in [6.07, 6.45) is 3.98. The number of aromatic nitrogens is 2. The SMILES string of the molecule is COc1ccccc1CN1CCN(c2nc(C(=O)Nc3ccc(-n4cccc4)cc3)cs2)CC1. The lowest BCUT2D eigenvalue weighted by Gasteiger charge is -2.34. The van der Waals surface area contributed by atoms with E-state index in [1.807, 2.05) is 76.9 Å². The Kier molecular flexibility index (Phi) is 6.60. The molecule has 2 aromatic carbocycles. The van der Waals surface area contributed by atoms with Crippen LogP contribution in [-0.2, 0) is 6.54 Å². The third kappa shape index (κ3) is 4.98. The number of ether oxygens (including phenoxy) is 1. The number of hydrogen-bond acceptors (Lipinski definition) is 6. The number of thiazole rings is 1. The highest BCUT2D eigenvalue weighted by atomic mass is 32.1. The predicted octanol–water partition coefficient (Wildman–Crippen LogP) is 4.52. The zero-order chi connectivity index (χ0) is 23.3. The van der Waals surface area contributed by atoms with E-state index in [4.69, 9.17) is 4.74 Å². The number of rotatable bonds is 7. The summed E-state index contributed by atoms with van der Waals surface area (Å²) >= 11 is 1.52. The molecule has 7 nitrogen and oxygen atoms in total. The molecule has 0 bridgehead atoms. The lowest BCUT2D eigenvalue weighted by atomic mass is 10.1. The van der Waals surface area contributed by atoms with E-state index >= 15 is 0 Å². The van der Waals surface area contributed by atoms with Crippen LogP contribution in [0.3, 0.4) is 0 Å². The van der Waals surface area contributed by atoms with Crippen LogP contribution >= 0.6 is 11.3 Å². The third-order valence-corrected chi connectivity index (χ3v) is 6.88. The molecule has 1 amide bonds. The monoisotopic (exact) mass is 473 g/mol. The van der Waals surface area contributed by atoms with Gasteiger partial charge in [-0.3, -0.25) is 9.69 Å². The maximum Gasteiger partial charge on any atom is 0.275 e. The lowest BCUT2D eigenvalue weighted by Crippen LogP contribution is -2.46. The average molecular weight is 474 g/mol. The van der Waals surface area contributed by atoms with Crippen molar-refractivity contribution in [3.63, 3.8) is 0 Å². The fourth-order valence-corrected chi connectivity index (χ4v) is 4.96. The molecule has 5 rings (SSSR count). The fraction of sp³-hybridized carbons (Fsp3) is 0.231. The maximum atomic E-state index is 12.7. The Balaban J connectivity index is 1.15. The number of nitrogens with one attached hydrogen (secondary N) is 1. The molecule has 34 heavy (non-hydrogen) atoms. The van der Waals surface area contributed by atoms with Gasteiger partial charge in [0.2, 0.25) is 0 Å². The minimum Gasteiger partial charge on any atom is -0.496 e. The van der Waals surface area contributed by atoms with Crippen molar-refractivity contribution in [1.29, 1.82) is 0 Å². The predicted molar refractivity (Wildman–Crippen MR) is 136 cm³/mol. The minimum atomic E-state index is -0.189. The molecule has 4 aromatic rings. The number of carbonyl (C=O) groups is 1. The van der Waals surface area contributed by atoms with Gasteiger partial charge in [0, 0.05) is 67.4 Å². The van der Waals surface area contributed by atoms with Crippen LogP contribution in [0.25, 0.3) is 5.69 Å². The van der Waals surface area contributed by atoms with Crippen molar-refractivity contribution >= 4 is 28.1 Å². The quantitative estimate of drug-likeness (QED) is 0.428. The van der Waals surface area contributed by atoms with E-state index in [1.54, 1.807) is 7.11 Å². The van der Waals surface area contributed by atoms with Crippen LogP contribution in [0.2, 0.25) is 0 Å². The largest absolute Gasteiger partial charge is 0.496 e. The molecule has 0 spiro atoms. The Bertz CT molecular complexity index is 1230. The molecule has 2 aromatic heterocycles. The molecule has 0 aliphatic carbocycles. The van der Waals surface area contributed by atoms with Crippen molar-refractivity contribution in [3.05, 3.63) is 89.7 Å². The summed E-state index contributed by atoms with van der Waals surface area (Å²) in [5.74, 6) is 0.742. The second-order valence-corrected chi connectivity index (χ2v) is 9.02. The molecule has 1 N–H and O–H groups in total. The van der Waals surface area contributed by atoms with Gasteiger partial charge in [0.1, 0.15) is 11.4 Å². The van der Waals surface area contributed by atoms with Gasteiger partial charge in [-0.15, -0.1) is 11.3 Å². The number of para-hydroxylation sites is 1. The van der Waals surface area contributed by atoms with Crippen molar-refractivity contribution < 1.29 is 9.53 Å². The number of methoxy groups -OCH3 is 1. The molecular weight excluding hydrogens is 446 g/mol. The van der Waals surface area contributed by atoms with Gasteiger partial charge in [0.05, 0.1) is 7.11 Å². The highest BCUT2D eigenvalue weighted by Crippen LogP contribution is 2.25. The molecule has 1 aliphatic rings. The fourth-order valence-electron chi connectivity index (χ4n) is 4.10. The normalized spacial score (nSPS) is 14.2. The van der Waals surface area contributed by atoms with Crippen LogP contribution in [0.1, 0.15) is 16.1 Å². The summed E-state index contributed by atoms with van der Waals surface area (Å²) in [5, 5.41) is 5.68. The standard InChI is InChI=1S/C26H27N5O2S/c1-33-24-7-3-2-6-20(24)18-29-14-16-31(17-15-29)26-28-23(19-34-26)25(32)27-21-8-10-22(11-9-21)30-12-4-5-13-30/h2-13,19H,14-18H2,1H3,(H,27,32). The first-order valence-corrected chi connectivity index (χ1v) is 12.2.